The Kier molecular flexibility index (Phi) is 8.79. The molecule has 162 valence electrons. The smallest absolute Gasteiger partial charge is 0.269 e. The molecule has 2 N–H and O–H groups in total. The number of nitrogens with one attached hydrogen (secondary N) is 2. The van der Waals surface area contributed by atoms with Crippen molar-refractivity contribution in [2.45, 2.75) is 19.8 Å². The first-order chi connectivity index (χ1) is 14.4. The van der Waals surface area contributed by atoms with Crippen molar-refractivity contribution in [3.63, 3.8) is 0 Å². The molecule has 0 atom stereocenters. The van der Waals surface area contributed by atoms with Gasteiger partial charge in [0.15, 0.2) is 23.0 Å². The summed E-state index contributed by atoms with van der Waals surface area (Å²) in [6.45, 7) is 2.54. The van der Waals surface area contributed by atoms with Crippen molar-refractivity contribution < 1.29 is 28.5 Å². The van der Waals surface area contributed by atoms with Crippen LogP contribution < -0.4 is 29.8 Å². The minimum atomic E-state index is -0.477. The van der Waals surface area contributed by atoms with E-state index in [4.69, 9.17) is 18.9 Å². The first kappa shape index (κ1) is 23.3. The molecule has 0 aliphatic rings. The fraction of sp³-hybridized carbons (Fsp3) is 0.333. The Morgan fingerprint density at radius 1 is 0.900 bits per heavy atom. The van der Waals surface area contributed by atoms with Crippen LogP contribution in [-0.4, -0.2) is 39.8 Å². The van der Waals surface area contributed by atoms with Crippen LogP contribution in [0.3, 0.4) is 0 Å². The van der Waals surface area contributed by atoms with Crippen molar-refractivity contribution in [1.29, 1.82) is 0 Å². The summed E-state index contributed by atoms with van der Waals surface area (Å²) in [5.74, 6) is 1.17. The largest absolute Gasteiger partial charge is 0.493 e. The number of carbonyl (C=O) groups is 2. The van der Waals surface area contributed by atoms with Gasteiger partial charge in [0, 0.05) is 10.0 Å². The summed E-state index contributed by atoms with van der Waals surface area (Å²) in [5, 5.41) is 0. The lowest BCUT2D eigenvalue weighted by Gasteiger charge is -2.13. The Morgan fingerprint density at radius 2 is 1.53 bits per heavy atom. The standard InChI is InChI=1S/C21H25BrN2O6/c1-5-8-30-16-7-6-13(9-17(16)27-2)21(26)24-23-20(25)11-14-10-18(28-3)19(29-4)12-15(14)22/h6-7,9-10,12H,5,8,11H2,1-4H3,(H,23,25)(H,24,26). The predicted molar refractivity (Wildman–Crippen MR) is 115 cm³/mol. The highest BCUT2D eigenvalue weighted by molar-refractivity contribution is 9.10. The van der Waals surface area contributed by atoms with E-state index in [1.807, 2.05) is 6.92 Å². The molecule has 2 rings (SSSR count). The summed E-state index contributed by atoms with van der Waals surface area (Å²) in [6.07, 6.45) is 0.877. The predicted octanol–water partition coefficient (Wildman–Crippen LogP) is 3.27. The molecule has 0 spiro atoms. The van der Waals surface area contributed by atoms with E-state index in [1.54, 1.807) is 30.3 Å². The molecule has 0 aliphatic heterocycles. The highest BCUT2D eigenvalue weighted by Crippen LogP contribution is 2.33. The summed E-state index contributed by atoms with van der Waals surface area (Å²) in [6, 6.07) is 8.22. The molecule has 0 unspecified atom stereocenters. The number of ether oxygens (including phenoxy) is 4. The van der Waals surface area contributed by atoms with Gasteiger partial charge in [-0.1, -0.05) is 22.9 Å². The average Bonchev–Trinajstić information content (AvgIpc) is 2.76. The Labute approximate surface area is 183 Å². The summed E-state index contributed by atoms with van der Waals surface area (Å²) >= 11 is 3.41. The van der Waals surface area contributed by atoms with E-state index < -0.39 is 11.8 Å². The van der Waals surface area contributed by atoms with Gasteiger partial charge >= 0.3 is 0 Å². The molecule has 9 heteroatoms. The highest BCUT2D eigenvalue weighted by atomic mass is 79.9. The molecule has 2 aromatic carbocycles. The number of amides is 2. The zero-order valence-corrected chi connectivity index (χ0v) is 18.9. The van der Waals surface area contributed by atoms with E-state index in [2.05, 4.69) is 26.8 Å². The van der Waals surface area contributed by atoms with Crippen molar-refractivity contribution in [3.8, 4) is 23.0 Å². The molecule has 30 heavy (non-hydrogen) atoms. The third-order valence-electron chi connectivity index (χ3n) is 4.11. The van der Waals surface area contributed by atoms with Crippen molar-refractivity contribution in [1.82, 2.24) is 10.9 Å². The van der Waals surface area contributed by atoms with Crippen LogP contribution in [-0.2, 0) is 11.2 Å². The summed E-state index contributed by atoms with van der Waals surface area (Å²) < 4.78 is 22.0. The fourth-order valence-corrected chi connectivity index (χ4v) is 3.05. The quantitative estimate of drug-likeness (QED) is 0.534. The van der Waals surface area contributed by atoms with Crippen molar-refractivity contribution >= 4 is 27.7 Å². The Bertz CT molecular complexity index is 903. The molecule has 8 nitrogen and oxygen atoms in total. The van der Waals surface area contributed by atoms with Crippen molar-refractivity contribution in [3.05, 3.63) is 45.9 Å². The second-order valence-electron chi connectivity index (χ2n) is 6.19. The second kappa shape index (κ2) is 11.3. The molecule has 0 saturated heterocycles. The average molecular weight is 481 g/mol. The molecule has 0 heterocycles. The van der Waals surface area contributed by atoms with Crippen LogP contribution >= 0.6 is 15.9 Å². The number of halogens is 1. The number of carbonyl (C=O) groups excluding carboxylic acids is 2. The third-order valence-corrected chi connectivity index (χ3v) is 4.84. The van der Waals surface area contributed by atoms with E-state index in [0.29, 0.717) is 45.2 Å². The van der Waals surface area contributed by atoms with Crippen LogP contribution in [0.5, 0.6) is 23.0 Å². The monoisotopic (exact) mass is 480 g/mol. The maximum absolute atomic E-state index is 12.4. The molecule has 0 fully saturated rings. The van der Waals surface area contributed by atoms with Gasteiger partial charge in [-0.3, -0.25) is 20.4 Å². The number of methoxy groups -OCH3 is 3. The molecular formula is C21H25BrN2O6. The van der Waals surface area contributed by atoms with Crippen LogP contribution in [0.2, 0.25) is 0 Å². The Morgan fingerprint density at radius 3 is 2.17 bits per heavy atom. The summed E-state index contributed by atoms with van der Waals surface area (Å²) in [4.78, 5) is 24.7. The van der Waals surface area contributed by atoms with Crippen LogP contribution in [0.15, 0.2) is 34.8 Å². The van der Waals surface area contributed by atoms with Gasteiger partial charge in [-0.05, 0) is 42.3 Å². The Hall–Kier alpha value is -2.94. The molecule has 2 aromatic rings. The molecular weight excluding hydrogens is 456 g/mol. The molecule has 0 aliphatic carbocycles. The van der Waals surface area contributed by atoms with Gasteiger partial charge in [-0.2, -0.15) is 0 Å². The van der Waals surface area contributed by atoms with Crippen LogP contribution in [0, 0.1) is 0 Å². The van der Waals surface area contributed by atoms with Gasteiger partial charge in [0.1, 0.15) is 0 Å². The minimum Gasteiger partial charge on any atom is -0.493 e. The van der Waals surface area contributed by atoms with Crippen molar-refractivity contribution in [2.24, 2.45) is 0 Å². The first-order valence-electron chi connectivity index (χ1n) is 9.23. The lowest BCUT2D eigenvalue weighted by molar-refractivity contribution is -0.121. The molecule has 0 saturated carbocycles. The molecule has 0 aromatic heterocycles. The zero-order valence-electron chi connectivity index (χ0n) is 17.3. The van der Waals surface area contributed by atoms with E-state index in [1.165, 1.54) is 21.3 Å². The second-order valence-corrected chi connectivity index (χ2v) is 7.05. The normalized spacial score (nSPS) is 10.2. The lowest BCUT2D eigenvalue weighted by Crippen LogP contribution is -2.42. The minimum absolute atomic E-state index is 0.0222. The topological polar surface area (TPSA) is 95.1 Å². The lowest BCUT2D eigenvalue weighted by atomic mass is 10.1. The van der Waals surface area contributed by atoms with Crippen LogP contribution in [0.25, 0.3) is 0 Å². The molecule has 0 bridgehead atoms. The number of hydrogen-bond donors (Lipinski definition) is 2. The van der Waals surface area contributed by atoms with Crippen LogP contribution in [0.1, 0.15) is 29.3 Å². The number of benzene rings is 2. The number of hydrogen-bond acceptors (Lipinski definition) is 6. The SMILES string of the molecule is CCCOc1ccc(C(=O)NNC(=O)Cc2cc(OC)c(OC)cc2Br)cc1OC. The molecule has 0 radical (unpaired) electrons. The van der Waals surface area contributed by atoms with Crippen molar-refractivity contribution in [2.75, 3.05) is 27.9 Å². The van der Waals surface area contributed by atoms with Gasteiger partial charge in [-0.15, -0.1) is 0 Å². The third kappa shape index (κ3) is 6.03. The van der Waals surface area contributed by atoms with E-state index in [9.17, 15) is 9.59 Å². The van der Waals surface area contributed by atoms with Gasteiger partial charge in [0.2, 0.25) is 5.91 Å². The van der Waals surface area contributed by atoms with Gasteiger partial charge in [0.25, 0.3) is 5.91 Å². The van der Waals surface area contributed by atoms with Gasteiger partial charge in [0.05, 0.1) is 34.4 Å². The zero-order chi connectivity index (χ0) is 22.1. The maximum atomic E-state index is 12.4. The van der Waals surface area contributed by atoms with Crippen LogP contribution in [0.4, 0.5) is 0 Å². The summed E-state index contributed by atoms with van der Waals surface area (Å²) in [5.41, 5.74) is 5.80. The van der Waals surface area contributed by atoms with E-state index in [-0.39, 0.29) is 6.42 Å². The first-order valence-corrected chi connectivity index (χ1v) is 10.0. The fourth-order valence-electron chi connectivity index (χ4n) is 2.59. The van der Waals surface area contributed by atoms with Gasteiger partial charge in [-0.25, -0.2) is 0 Å². The number of rotatable bonds is 9. The highest BCUT2D eigenvalue weighted by Gasteiger charge is 2.15. The van der Waals surface area contributed by atoms with Gasteiger partial charge < -0.3 is 18.9 Å². The molecule has 2 amide bonds. The van der Waals surface area contributed by atoms with E-state index >= 15 is 0 Å². The number of hydrazine groups is 1. The Balaban J connectivity index is 2.00. The van der Waals surface area contributed by atoms with E-state index in [0.717, 1.165) is 6.42 Å². The maximum Gasteiger partial charge on any atom is 0.269 e. The summed E-state index contributed by atoms with van der Waals surface area (Å²) in [7, 11) is 4.55.